The van der Waals surface area contributed by atoms with Crippen molar-refractivity contribution >= 4 is 5.97 Å². The quantitative estimate of drug-likeness (QED) is 0.428. The first kappa shape index (κ1) is 17.2. The maximum Gasteiger partial charge on any atom is 0.348 e. The third-order valence-electron chi connectivity index (χ3n) is 3.38. The number of nitriles is 1. The van der Waals surface area contributed by atoms with Crippen molar-refractivity contribution in [1.29, 1.82) is 5.26 Å². The molecule has 0 aliphatic heterocycles. The van der Waals surface area contributed by atoms with Crippen LogP contribution in [0, 0.1) is 23.2 Å². The SMILES string of the molecule is CCOC1(CC(C)C)C=CC=CC1C=C(C#N)C(=O)OC. The molecule has 0 amide bonds. The Bertz CT molecular complexity index is 497. The maximum absolute atomic E-state index is 11.6. The lowest BCUT2D eigenvalue weighted by Gasteiger charge is -2.38. The van der Waals surface area contributed by atoms with Crippen LogP contribution in [0.2, 0.25) is 0 Å². The summed E-state index contributed by atoms with van der Waals surface area (Å²) in [5, 5.41) is 9.14. The predicted octanol–water partition coefficient (Wildman–Crippen LogP) is 3.17. The molecule has 2 unspecified atom stereocenters. The van der Waals surface area contributed by atoms with E-state index in [1.165, 1.54) is 7.11 Å². The van der Waals surface area contributed by atoms with E-state index in [1.807, 2.05) is 37.3 Å². The molecular weight excluding hydrogens is 266 g/mol. The summed E-state index contributed by atoms with van der Waals surface area (Å²) < 4.78 is 10.6. The largest absolute Gasteiger partial charge is 0.465 e. The standard InChI is InChI=1S/C17H23NO3/c1-5-21-17(11-13(2)3)9-7-6-8-15(17)10-14(12-18)16(19)20-4/h6-10,13,15H,5,11H2,1-4H3. The van der Waals surface area contributed by atoms with E-state index in [4.69, 9.17) is 10.00 Å². The van der Waals surface area contributed by atoms with Gasteiger partial charge < -0.3 is 9.47 Å². The van der Waals surface area contributed by atoms with Gasteiger partial charge in [0.25, 0.3) is 0 Å². The van der Waals surface area contributed by atoms with Crippen molar-refractivity contribution < 1.29 is 14.3 Å². The van der Waals surface area contributed by atoms with E-state index in [-0.39, 0.29) is 11.5 Å². The highest BCUT2D eigenvalue weighted by Crippen LogP contribution is 2.36. The lowest BCUT2D eigenvalue weighted by Crippen LogP contribution is -2.40. The summed E-state index contributed by atoms with van der Waals surface area (Å²) in [4.78, 5) is 11.6. The van der Waals surface area contributed by atoms with Crippen molar-refractivity contribution in [2.45, 2.75) is 32.8 Å². The average molecular weight is 289 g/mol. The highest BCUT2D eigenvalue weighted by atomic mass is 16.5. The van der Waals surface area contributed by atoms with Crippen molar-refractivity contribution in [3.8, 4) is 6.07 Å². The van der Waals surface area contributed by atoms with E-state index >= 15 is 0 Å². The number of rotatable bonds is 6. The van der Waals surface area contributed by atoms with Crippen LogP contribution in [-0.4, -0.2) is 25.3 Å². The fourth-order valence-corrected chi connectivity index (χ4v) is 2.63. The van der Waals surface area contributed by atoms with Gasteiger partial charge in [0.15, 0.2) is 0 Å². The monoisotopic (exact) mass is 289 g/mol. The molecule has 0 saturated heterocycles. The fourth-order valence-electron chi connectivity index (χ4n) is 2.63. The molecule has 1 aliphatic carbocycles. The van der Waals surface area contributed by atoms with Crippen molar-refractivity contribution in [1.82, 2.24) is 0 Å². The minimum absolute atomic E-state index is 0.00952. The number of esters is 1. The molecule has 21 heavy (non-hydrogen) atoms. The molecule has 0 aromatic carbocycles. The molecule has 114 valence electrons. The second kappa shape index (κ2) is 7.80. The molecule has 0 saturated carbocycles. The van der Waals surface area contributed by atoms with Crippen LogP contribution in [0.5, 0.6) is 0 Å². The predicted molar refractivity (Wildman–Crippen MR) is 81.3 cm³/mol. The first-order valence-corrected chi connectivity index (χ1v) is 7.19. The van der Waals surface area contributed by atoms with Gasteiger partial charge >= 0.3 is 5.97 Å². The van der Waals surface area contributed by atoms with Crippen LogP contribution in [-0.2, 0) is 14.3 Å². The normalized spacial score (nSPS) is 25.0. The Morgan fingerprint density at radius 1 is 1.48 bits per heavy atom. The van der Waals surface area contributed by atoms with Gasteiger partial charge in [0.1, 0.15) is 11.6 Å². The minimum Gasteiger partial charge on any atom is -0.465 e. The number of carbonyl (C=O) groups excluding carboxylic acids is 1. The highest BCUT2D eigenvalue weighted by molar-refractivity contribution is 5.92. The van der Waals surface area contributed by atoms with Crippen molar-refractivity contribution in [2.75, 3.05) is 13.7 Å². The summed E-state index contributed by atoms with van der Waals surface area (Å²) >= 11 is 0. The molecule has 0 bridgehead atoms. The van der Waals surface area contributed by atoms with Crippen molar-refractivity contribution in [2.24, 2.45) is 11.8 Å². The summed E-state index contributed by atoms with van der Waals surface area (Å²) in [7, 11) is 1.27. The molecule has 0 heterocycles. The van der Waals surface area contributed by atoms with Crippen molar-refractivity contribution in [3.63, 3.8) is 0 Å². The number of methoxy groups -OCH3 is 1. The third kappa shape index (κ3) is 4.30. The number of allylic oxidation sites excluding steroid dienone is 2. The Hall–Kier alpha value is -1.86. The third-order valence-corrected chi connectivity index (χ3v) is 3.38. The first-order valence-electron chi connectivity index (χ1n) is 7.19. The number of carbonyl (C=O) groups is 1. The van der Waals surface area contributed by atoms with E-state index in [0.717, 1.165) is 6.42 Å². The van der Waals surface area contributed by atoms with Crippen LogP contribution in [0.3, 0.4) is 0 Å². The fraction of sp³-hybridized carbons (Fsp3) is 0.529. The smallest absolute Gasteiger partial charge is 0.348 e. The molecule has 2 atom stereocenters. The van der Waals surface area contributed by atoms with Crippen LogP contribution in [0.15, 0.2) is 36.0 Å². The summed E-state index contributed by atoms with van der Waals surface area (Å²) in [6, 6.07) is 1.91. The molecular formula is C17H23NO3. The van der Waals surface area contributed by atoms with Crippen LogP contribution >= 0.6 is 0 Å². The molecule has 4 heteroatoms. The molecule has 0 aromatic rings. The number of nitrogens with zero attached hydrogens (tertiary/aromatic N) is 1. The van der Waals surface area contributed by atoms with E-state index in [9.17, 15) is 4.79 Å². The summed E-state index contributed by atoms with van der Waals surface area (Å²) in [6.07, 6.45) is 10.3. The van der Waals surface area contributed by atoms with Gasteiger partial charge in [-0.05, 0) is 25.3 Å². The van der Waals surface area contributed by atoms with Crippen LogP contribution in [0.4, 0.5) is 0 Å². The number of hydrogen-bond donors (Lipinski definition) is 0. The second-order valence-electron chi connectivity index (χ2n) is 5.44. The maximum atomic E-state index is 11.6. The van der Waals surface area contributed by atoms with E-state index in [1.54, 1.807) is 6.08 Å². The Morgan fingerprint density at radius 3 is 2.71 bits per heavy atom. The second-order valence-corrected chi connectivity index (χ2v) is 5.44. The van der Waals surface area contributed by atoms with Crippen molar-refractivity contribution in [3.05, 3.63) is 36.0 Å². The van der Waals surface area contributed by atoms with E-state index < -0.39 is 11.6 Å². The van der Waals surface area contributed by atoms with Crippen LogP contribution in [0.1, 0.15) is 27.2 Å². The molecule has 0 N–H and O–H groups in total. The molecule has 0 radical (unpaired) electrons. The Kier molecular flexibility index (Phi) is 6.39. The Balaban J connectivity index is 3.19. The van der Waals surface area contributed by atoms with Gasteiger partial charge in [-0.25, -0.2) is 4.79 Å². The van der Waals surface area contributed by atoms with Gasteiger partial charge in [0, 0.05) is 12.5 Å². The van der Waals surface area contributed by atoms with Gasteiger partial charge in [-0.1, -0.05) is 38.2 Å². The zero-order valence-corrected chi connectivity index (χ0v) is 13.1. The Labute approximate surface area is 126 Å². The molecule has 4 nitrogen and oxygen atoms in total. The minimum atomic E-state index is -0.615. The topological polar surface area (TPSA) is 59.3 Å². The van der Waals surface area contributed by atoms with Gasteiger partial charge in [0.2, 0.25) is 0 Å². The van der Waals surface area contributed by atoms with Gasteiger partial charge in [0.05, 0.1) is 12.7 Å². The zero-order chi connectivity index (χ0) is 15.9. The summed E-state index contributed by atoms with van der Waals surface area (Å²) in [5.74, 6) is -0.360. The average Bonchev–Trinajstić information content (AvgIpc) is 2.45. The van der Waals surface area contributed by atoms with Crippen LogP contribution in [0.25, 0.3) is 0 Å². The van der Waals surface area contributed by atoms with Gasteiger partial charge in [-0.2, -0.15) is 5.26 Å². The summed E-state index contributed by atoms with van der Waals surface area (Å²) in [5.41, 5.74) is -0.511. The first-order chi connectivity index (χ1) is 9.99. The van der Waals surface area contributed by atoms with Gasteiger partial charge in [-0.3, -0.25) is 0 Å². The molecule has 0 spiro atoms. The van der Waals surface area contributed by atoms with Gasteiger partial charge in [-0.15, -0.1) is 0 Å². The Morgan fingerprint density at radius 2 is 2.19 bits per heavy atom. The highest BCUT2D eigenvalue weighted by Gasteiger charge is 2.37. The lowest BCUT2D eigenvalue weighted by molar-refractivity contribution is -0.135. The van der Waals surface area contributed by atoms with Crippen LogP contribution < -0.4 is 0 Å². The zero-order valence-electron chi connectivity index (χ0n) is 13.1. The molecule has 0 fully saturated rings. The summed E-state index contributed by atoms with van der Waals surface area (Å²) in [6.45, 7) is 6.76. The van der Waals surface area contributed by atoms with E-state index in [0.29, 0.717) is 12.5 Å². The molecule has 0 aromatic heterocycles. The molecule has 1 aliphatic rings. The number of hydrogen-bond acceptors (Lipinski definition) is 4. The lowest BCUT2D eigenvalue weighted by atomic mass is 9.77. The molecule has 1 rings (SSSR count). The number of ether oxygens (including phenoxy) is 2. The van der Waals surface area contributed by atoms with E-state index in [2.05, 4.69) is 18.6 Å².